The van der Waals surface area contributed by atoms with Crippen molar-refractivity contribution in [3.63, 3.8) is 0 Å². The Hall–Kier alpha value is -3.52. The molecule has 2 aromatic carbocycles. The molecule has 0 radical (unpaired) electrons. The highest BCUT2D eigenvalue weighted by molar-refractivity contribution is 6.32. The Morgan fingerprint density at radius 1 is 1.07 bits per heavy atom. The van der Waals surface area contributed by atoms with Crippen LogP contribution in [0.25, 0.3) is 11.1 Å². The number of hydrogen-bond acceptors (Lipinski definition) is 7. The van der Waals surface area contributed by atoms with E-state index < -0.39 is 0 Å². The van der Waals surface area contributed by atoms with E-state index in [1.165, 1.54) is 0 Å². The first-order chi connectivity index (χ1) is 14.2. The monoisotopic (exact) mass is 407 g/mol. The second kappa shape index (κ2) is 8.66. The van der Waals surface area contributed by atoms with Gasteiger partial charge in [0.25, 0.3) is 0 Å². The lowest BCUT2D eigenvalue weighted by Gasteiger charge is -2.16. The van der Waals surface area contributed by atoms with Gasteiger partial charge in [-0.05, 0) is 47.2 Å². The molecule has 8 nitrogen and oxygen atoms in total. The van der Waals surface area contributed by atoms with Crippen molar-refractivity contribution >= 4 is 23.2 Å². The van der Waals surface area contributed by atoms with Gasteiger partial charge in [-0.2, -0.15) is 0 Å². The first-order valence-electron chi connectivity index (χ1n) is 8.99. The van der Waals surface area contributed by atoms with E-state index in [4.69, 9.17) is 16.3 Å². The lowest BCUT2D eigenvalue weighted by Crippen LogP contribution is -2.20. The number of para-hydroxylation sites is 1. The minimum atomic E-state index is -0.167. The van der Waals surface area contributed by atoms with Gasteiger partial charge in [-0.25, -0.2) is 14.6 Å². The number of benzene rings is 2. The molecule has 4 rings (SSSR count). The normalized spacial score (nSPS) is 11.8. The molecule has 0 aliphatic carbocycles. The van der Waals surface area contributed by atoms with Crippen LogP contribution in [0.5, 0.6) is 5.75 Å². The molecule has 0 amide bonds. The topological polar surface area (TPSA) is 90.6 Å². The first-order valence-corrected chi connectivity index (χ1v) is 9.36. The van der Waals surface area contributed by atoms with E-state index in [0.29, 0.717) is 23.3 Å². The SMILES string of the molecule is C[C@@H](Cn1cnnn1)Oc1cc(-c2cnc(Nc3ccccc3)nc2)ccc1Cl. The van der Waals surface area contributed by atoms with Gasteiger partial charge >= 0.3 is 0 Å². The van der Waals surface area contributed by atoms with Gasteiger partial charge in [-0.1, -0.05) is 35.9 Å². The average Bonchev–Trinajstić information content (AvgIpc) is 3.24. The molecule has 9 heteroatoms. The van der Waals surface area contributed by atoms with Crippen molar-refractivity contribution in [3.8, 4) is 16.9 Å². The third kappa shape index (κ3) is 4.85. The number of rotatable bonds is 7. The van der Waals surface area contributed by atoms with Crippen molar-refractivity contribution in [1.29, 1.82) is 0 Å². The Morgan fingerprint density at radius 3 is 2.59 bits per heavy atom. The van der Waals surface area contributed by atoms with Crippen molar-refractivity contribution in [2.45, 2.75) is 19.6 Å². The summed E-state index contributed by atoms with van der Waals surface area (Å²) in [5, 5.41) is 14.8. The summed E-state index contributed by atoms with van der Waals surface area (Å²) >= 11 is 6.31. The van der Waals surface area contributed by atoms with Crippen LogP contribution >= 0.6 is 11.6 Å². The number of halogens is 1. The fourth-order valence-corrected chi connectivity index (χ4v) is 2.91. The van der Waals surface area contributed by atoms with Crippen molar-refractivity contribution < 1.29 is 4.74 Å². The maximum Gasteiger partial charge on any atom is 0.227 e. The molecule has 146 valence electrons. The van der Waals surface area contributed by atoms with E-state index >= 15 is 0 Å². The third-order valence-electron chi connectivity index (χ3n) is 4.11. The Bertz CT molecular complexity index is 1060. The fourth-order valence-electron chi connectivity index (χ4n) is 2.75. The molecule has 0 bridgehead atoms. The smallest absolute Gasteiger partial charge is 0.227 e. The Balaban J connectivity index is 1.47. The van der Waals surface area contributed by atoms with Gasteiger partial charge in [-0.15, -0.1) is 5.10 Å². The van der Waals surface area contributed by atoms with Gasteiger partial charge in [0.05, 0.1) is 11.6 Å². The molecule has 29 heavy (non-hydrogen) atoms. The molecular formula is C20H18ClN7O. The van der Waals surface area contributed by atoms with Crippen LogP contribution in [-0.2, 0) is 6.54 Å². The lowest BCUT2D eigenvalue weighted by molar-refractivity contribution is 0.193. The van der Waals surface area contributed by atoms with E-state index in [1.54, 1.807) is 29.5 Å². The summed E-state index contributed by atoms with van der Waals surface area (Å²) in [7, 11) is 0. The molecule has 0 aliphatic heterocycles. The Labute approximate surface area is 172 Å². The molecule has 0 saturated heterocycles. The Kier molecular flexibility index (Phi) is 5.62. The molecule has 0 fully saturated rings. The quantitative estimate of drug-likeness (QED) is 0.495. The van der Waals surface area contributed by atoms with Crippen LogP contribution in [0.3, 0.4) is 0 Å². The predicted molar refractivity (Wildman–Crippen MR) is 110 cm³/mol. The van der Waals surface area contributed by atoms with Crippen LogP contribution in [0.1, 0.15) is 6.92 Å². The van der Waals surface area contributed by atoms with Crippen molar-refractivity contribution in [2.24, 2.45) is 0 Å². The highest BCUT2D eigenvalue weighted by Gasteiger charge is 2.11. The minimum absolute atomic E-state index is 0.167. The zero-order valence-electron chi connectivity index (χ0n) is 15.6. The van der Waals surface area contributed by atoms with E-state index in [0.717, 1.165) is 16.8 Å². The van der Waals surface area contributed by atoms with Crippen LogP contribution in [-0.4, -0.2) is 36.3 Å². The molecule has 4 aromatic rings. The summed E-state index contributed by atoms with van der Waals surface area (Å²) in [6.07, 6.45) is 4.89. The van der Waals surface area contributed by atoms with Crippen molar-refractivity contribution in [3.05, 3.63) is 72.3 Å². The number of nitrogens with one attached hydrogen (secondary N) is 1. The summed E-state index contributed by atoms with van der Waals surface area (Å²) in [4.78, 5) is 8.78. The maximum atomic E-state index is 6.31. The van der Waals surface area contributed by atoms with E-state index in [9.17, 15) is 0 Å². The van der Waals surface area contributed by atoms with Crippen LogP contribution in [0.2, 0.25) is 5.02 Å². The molecule has 1 N–H and O–H groups in total. The molecule has 0 saturated carbocycles. The molecule has 2 aromatic heterocycles. The molecule has 0 spiro atoms. The van der Waals surface area contributed by atoms with Crippen LogP contribution in [0, 0.1) is 0 Å². The van der Waals surface area contributed by atoms with E-state index in [-0.39, 0.29) is 6.10 Å². The number of anilines is 2. The first kappa shape index (κ1) is 18.8. The minimum Gasteiger partial charge on any atom is -0.487 e. The number of hydrogen-bond donors (Lipinski definition) is 1. The second-order valence-corrected chi connectivity index (χ2v) is 6.80. The van der Waals surface area contributed by atoms with Gasteiger partial charge in [0.15, 0.2) is 0 Å². The van der Waals surface area contributed by atoms with Gasteiger partial charge in [0.2, 0.25) is 5.95 Å². The van der Waals surface area contributed by atoms with E-state index in [2.05, 4.69) is 30.8 Å². The molecular weight excluding hydrogens is 390 g/mol. The summed E-state index contributed by atoms with van der Waals surface area (Å²) in [6, 6.07) is 15.3. The molecule has 0 unspecified atom stereocenters. The van der Waals surface area contributed by atoms with E-state index in [1.807, 2.05) is 49.4 Å². The van der Waals surface area contributed by atoms with Crippen molar-refractivity contribution in [1.82, 2.24) is 30.2 Å². The Morgan fingerprint density at radius 2 is 1.86 bits per heavy atom. The van der Waals surface area contributed by atoms with Crippen molar-refractivity contribution in [2.75, 3.05) is 5.32 Å². The summed E-state index contributed by atoms with van der Waals surface area (Å²) in [6.45, 7) is 2.44. The highest BCUT2D eigenvalue weighted by Crippen LogP contribution is 2.31. The summed E-state index contributed by atoms with van der Waals surface area (Å²) in [5.74, 6) is 1.11. The number of ether oxygens (including phenoxy) is 1. The van der Waals surface area contributed by atoms with Crippen LogP contribution in [0.4, 0.5) is 11.6 Å². The van der Waals surface area contributed by atoms with Crippen LogP contribution in [0.15, 0.2) is 67.3 Å². The van der Waals surface area contributed by atoms with Gasteiger partial charge in [0, 0.05) is 23.6 Å². The molecule has 0 aliphatic rings. The third-order valence-corrected chi connectivity index (χ3v) is 4.42. The standard InChI is InChI=1S/C20H18ClN7O/c1-14(12-28-13-24-26-27-28)29-19-9-15(7-8-18(19)21)16-10-22-20(23-11-16)25-17-5-3-2-4-6-17/h2-11,13-14H,12H2,1H3,(H,22,23,25)/t14-/m0/s1. The second-order valence-electron chi connectivity index (χ2n) is 6.39. The average molecular weight is 408 g/mol. The van der Waals surface area contributed by atoms with Gasteiger partial charge in [0.1, 0.15) is 18.2 Å². The highest BCUT2D eigenvalue weighted by atomic mass is 35.5. The summed E-state index contributed by atoms with van der Waals surface area (Å²) in [5.41, 5.74) is 2.70. The molecule has 1 atom stereocenters. The fraction of sp³-hybridized carbons (Fsp3) is 0.150. The number of tetrazole rings is 1. The lowest BCUT2D eigenvalue weighted by atomic mass is 10.1. The zero-order valence-corrected chi connectivity index (χ0v) is 16.4. The zero-order chi connectivity index (χ0) is 20.1. The predicted octanol–water partition coefficient (Wildman–Crippen LogP) is 3.99. The van der Waals surface area contributed by atoms with Gasteiger partial charge in [-0.3, -0.25) is 0 Å². The number of nitrogens with zero attached hydrogens (tertiary/aromatic N) is 6. The van der Waals surface area contributed by atoms with Crippen LogP contribution < -0.4 is 10.1 Å². The molecule has 2 heterocycles. The largest absolute Gasteiger partial charge is 0.487 e. The summed E-state index contributed by atoms with van der Waals surface area (Å²) < 4.78 is 7.59. The maximum absolute atomic E-state index is 6.31. The number of aromatic nitrogens is 6. The van der Waals surface area contributed by atoms with Gasteiger partial charge < -0.3 is 10.1 Å².